The molecule has 0 aliphatic carbocycles. The molecule has 4 heterocycles. The van der Waals surface area contributed by atoms with Crippen molar-refractivity contribution in [3.63, 3.8) is 0 Å². The van der Waals surface area contributed by atoms with Crippen LogP contribution in [-0.2, 0) is 19.3 Å². The van der Waals surface area contributed by atoms with Gasteiger partial charge in [0.1, 0.15) is 11.3 Å². The molecule has 0 radical (unpaired) electrons. The topological polar surface area (TPSA) is 88.4 Å². The third-order valence-corrected chi connectivity index (χ3v) is 8.24. The van der Waals surface area contributed by atoms with Gasteiger partial charge < -0.3 is 4.90 Å². The number of pyridine rings is 1. The lowest BCUT2D eigenvalue weighted by Crippen LogP contribution is -2.15. The Hall–Kier alpha value is -4.85. The second-order valence-electron chi connectivity index (χ2n) is 10.9. The summed E-state index contributed by atoms with van der Waals surface area (Å²) in [6.45, 7) is 10.8. The first kappa shape index (κ1) is 25.1. The zero-order valence-corrected chi connectivity index (χ0v) is 24.0. The number of aryl methyl sites for hydroxylation is 5. The maximum absolute atomic E-state index is 5.06. The number of imidazole rings is 1. The van der Waals surface area contributed by atoms with Crippen molar-refractivity contribution in [2.75, 3.05) is 4.90 Å². The molecule has 204 valence electrons. The first-order valence-electron chi connectivity index (χ1n) is 14.2. The van der Waals surface area contributed by atoms with Gasteiger partial charge in [0.25, 0.3) is 0 Å². The van der Waals surface area contributed by atoms with Crippen molar-refractivity contribution in [3.8, 4) is 17.1 Å². The monoisotopic (exact) mass is 540 g/mol. The second-order valence-corrected chi connectivity index (χ2v) is 10.9. The second kappa shape index (κ2) is 9.66. The lowest BCUT2D eigenvalue weighted by atomic mass is 9.95. The Morgan fingerprint density at radius 3 is 2.39 bits per heavy atom. The molecule has 0 amide bonds. The van der Waals surface area contributed by atoms with Crippen LogP contribution in [0.15, 0.2) is 60.7 Å². The van der Waals surface area contributed by atoms with Crippen molar-refractivity contribution < 1.29 is 0 Å². The van der Waals surface area contributed by atoms with Crippen molar-refractivity contribution >= 4 is 28.2 Å². The smallest absolute Gasteiger partial charge is 0.206 e. The molecule has 8 nitrogen and oxygen atoms in total. The van der Waals surface area contributed by atoms with Gasteiger partial charge in [0.15, 0.2) is 5.65 Å². The van der Waals surface area contributed by atoms with Gasteiger partial charge in [-0.2, -0.15) is 5.21 Å². The first-order chi connectivity index (χ1) is 20.0. The molecule has 3 aromatic heterocycles. The van der Waals surface area contributed by atoms with Gasteiger partial charge in [0.05, 0.1) is 17.1 Å². The maximum atomic E-state index is 5.06. The van der Waals surface area contributed by atoms with Crippen molar-refractivity contribution in [1.82, 2.24) is 35.2 Å². The number of hydrogen-bond acceptors (Lipinski definition) is 6. The number of tetrazole rings is 1. The van der Waals surface area contributed by atoms with Crippen LogP contribution in [0.5, 0.6) is 0 Å². The van der Waals surface area contributed by atoms with E-state index in [4.69, 9.17) is 9.97 Å². The Morgan fingerprint density at radius 1 is 0.829 bits per heavy atom. The predicted octanol–water partition coefficient (Wildman–Crippen LogP) is 6.97. The highest BCUT2D eigenvalue weighted by Gasteiger charge is 2.29. The molecule has 1 aliphatic rings. The molecule has 1 N–H and O–H groups in total. The van der Waals surface area contributed by atoms with Crippen LogP contribution >= 0.6 is 0 Å². The standard InChI is InChI=1S/C33H32N8/c1-6-29-35-30-19(2)17-21(4)34-33(30)41(29)31-20(3)18-28-24(22(31)5)16-15-23-11-7-9-13-26(23)40(28)27-14-10-8-12-25(27)32-36-38-39-37-32/h7-14,17-18H,6,15-16H2,1-5H3,(H,36,37,38,39). The Morgan fingerprint density at radius 2 is 1.61 bits per heavy atom. The molecular weight excluding hydrogens is 508 g/mol. The summed E-state index contributed by atoms with van der Waals surface area (Å²) in [5, 5.41) is 15.1. The summed E-state index contributed by atoms with van der Waals surface area (Å²) >= 11 is 0. The number of anilines is 3. The Balaban J connectivity index is 1.52. The summed E-state index contributed by atoms with van der Waals surface area (Å²) < 4.78 is 2.30. The van der Waals surface area contributed by atoms with E-state index in [1.807, 2.05) is 6.07 Å². The lowest BCUT2D eigenvalue weighted by Gasteiger charge is -2.30. The fraction of sp³-hybridized carbons (Fsp3) is 0.242. The van der Waals surface area contributed by atoms with E-state index in [0.717, 1.165) is 58.8 Å². The van der Waals surface area contributed by atoms with E-state index in [-0.39, 0.29) is 0 Å². The highest BCUT2D eigenvalue weighted by Crippen LogP contribution is 2.47. The highest BCUT2D eigenvalue weighted by molar-refractivity contribution is 5.90. The van der Waals surface area contributed by atoms with Crippen LogP contribution in [0.4, 0.5) is 17.1 Å². The predicted molar refractivity (Wildman–Crippen MR) is 162 cm³/mol. The summed E-state index contributed by atoms with van der Waals surface area (Å²) in [7, 11) is 0. The van der Waals surface area contributed by atoms with Crippen LogP contribution in [0.1, 0.15) is 46.3 Å². The zero-order valence-electron chi connectivity index (χ0n) is 24.0. The van der Waals surface area contributed by atoms with Crippen molar-refractivity contribution in [1.29, 1.82) is 0 Å². The van der Waals surface area contributed by atoms with Gasteiger partial charge in [-0.1, -0.05) is 37.3 Å². The van der Waals surface area contributed by atoms with Crippen LogP contribution in [0.3, 0.4) is 0 Å². The number of benzene rings is 3. The van der Waals surface area contributed by atoms with Gasteiger partial charge in [-0.3, -0.25) is 4.57 Å². The molecule has 3 aromatic carbocycles. The van der Waals surface area contributed by atoms with Gasteiger partial charge in [-0.25, -0.2) is 9.97 Å². The van der Waals surface area contributed by atoms with Crippen molar-refractivity contribution in [2.24, 2.45) is 0 Å². The average molecular weight is 541 g/mol. The van der Waals surface area contributed by atoms with Gasteiger partial charge in [-0.15, -0.1) is 10.2 Å². The minimum absolute atomic E-state index is 0.572. The minimum atomic E-state index is 0.572. The van der Waals surface area contributed by atoms with Gasteiger partial charge in [0, 0.05) is 23.4 Å². The highest BCUT2D eigenvalue weighted by atomic mass is 15.5. The van der Waals surface area contributed by atoms with Crippen LogP contribution < -0.4 is 4.90 Å². The lowest BCUT2D eigenvalue weighted by molar-refractivity contribution is 0.880. The van der Waals surface area contributed by atoms with Gasteiger partial charge in [-0.05, 0) is 104 Å². The number of rotatable bonds is 4. The maximum Gasteiger partial charge on any atom is 0.206 e. The summed E-state index contributed by atoms with van der Waals surface area (Å²) in [5.74, 6) is 1.60. The number of hydrogen-bond donors (Lipinski definition) is 1. The van der Waals surface area contributed by atoms with E-state index in [1.165, 1.54) is 39.3 Å². The summed E-state index contributed by atoms with van der Waals surface area (Å²) in [5.41, 5.74) is 14.6. The normalized spacial score (nSPS) is 12.9. The van der Waals surface area contributed by atoms with E-state index in [0.29, 0.717) is 5.82 Å². The molecular formula is C33H32N8. The molecule has 1 aliphatic heterocycles. The molecule has 8 heteroatoms. The molecule has 0 spiro atoms. The molecule has 0 saturated heterocycles. The summed E-state index contributed by atoms with van der Waals surface area (Å²) in [4.78, 5) is 12.4. The number of fused-ring (bicyclic) bond motifs is 3. The van der Waals surface area contributed by atoms with Gasteiger partial charge in [0.2, 0.25) is 5.82 Å². The average Bonchev–Trinajstić information content (AvgIpc) is 3.59. The van der Waals surface area contributed by atoms with Crippen LogP contribution in [0.2, 0.25) is 0 Å². The molecule has 41 heavy (non-hydrogen) atoms. The molecule has 7 rings (SSSR count). The number of aromatic amines is 1. The quantitative estimate of drug-likeness (QED) is 0.260. The molecule has 0 fully saturated rings. The first-order valence-corrected chi connectivity index (χ1v) is 14.2. The van der Waals surface area contributed by atoms with Crippen molar-refractivity contribution in [3.05, 3.63) is 100.0 Å². The van der Waals surface area contributed by atoms with E-state index < -0.39 is 0 Å². The van der Waals surface area contributed by atoms with E-state index in [9.17, 15) is 0 Å². The number of para-hydroxylation sites is 2. The minimum Gasteiger partial charge on any atom is -0.309 e. The van der Waals surface area contributed by atoms with Crippen LogP contribution in [0, 0.1) is 27.7 Å². The third kappa shape index (κ3) is 3.93. The van der Waals surface area contributed by atoms with E-state index >= 15 is 0 Å². The van der Waals surface area contributed by atoms with Crippen molar-refractivity contribution in [2.45, 2.75) is 53.9 Å². The van der Waals surface area contributed by atoms with E-state index in [2.05, 4.69) is 119 Å². The molecule has 0 unspecified atom stereocenters. The third-order valence-electron chi connectivity index (χ3n) is 8.24. The number of aromatic nitrogens is 7. The fourth-order valence-corrected chi connectivity index (χ4v) is 6.45. The Kier molecular flexibility index (Phi) is 5.92. The number of nitrogens with one attached hydrogen (secondary N) is 1. The van der Waals surface area contributed by atoms with Gasteiger partial charge >= 0.3 is 0 Å². The Labute approximate surface area is 239 Å². The molecule has 6 aromatic rings. The summed E-state index contributed by atoms with van der Waals surface area (Å²) in [6.07, 6.45) is 2.68. The Bertz CT molecular complexity index is 1930. The SMILES string of the molecule is CCc1nc2c(C)cc(C)nc2n1-c1c(C)cc2c(c1C)CCc1ccccc1N2c1ccccc1-c1nn[nH]n1. The zero-order chi connectivity index (χ0) is 28.2. The molecule has 0 saturated carbocycles. The largest absolute Gasteiger partial charge is 0.309 e. The van der Waals surface area contributed by atoms with E-state index in [1.54, 1.807) is 0 Å². The number of H-pyrrole nitrogens is 1. The number of nitrogens with zero attached hydrogens (tertiary/aromatic N) is 7. The molecule has 0 bridgehead atoms. The fourth-order valence-electron chi connectivity index (χ4n) is 6.45. The molecule has 0 atom stereocenters. The van der Waals surface area contributed by atoms with Crippen LogP contribution in [0.25, 0.3) is 28.2 Å². The summed E-state index contributed by atoms with van der Waals surface area (Å²) in [6, 6.07) is 21.4. The van der Waals surface area contributed by atoms with Crippen LogP contribution in [-0.4, -0.2) is 35.2 Å².